The van der Waals surface area contributed by atoms with Crippen LogP contribution in [0.4, 0.5) is 5.82 Å². The zero-order chi connectivity index (χ0) is 8.27. The van der Waals surface area contributed by atoms with Crippen LogP contribution in [0.5, 0.6) is 0 Å². The van der Waals surface area contributed by atoms with Crippen molar-refractivity contribution in [1.82, 2.24) is 9.97 Å². The minimum absolute atomic E-state index is 0.110. The van der Waals surface area contributed by atoms with E-state index in [-0.39, 0.29) is 5.56 Å². The van der Waals surface area contributed by atoms with Crippen LogP contribution in [0.15, 0.2) is 10.9 Å². The minimum atomic E-state index is -0.110. The summed E-state index contributed by atoms with van der Waals surface area (Å²) in [5, 5.41) is 2.81. The lowest BCUT2D eigenvalue weighted by molar-refractivity contribution is 0.922. The molecule has 0 saturated heterocycles. The normalized spacial score (nSPS) is 9.64. The highest BCUT2D eigenvalue weighted by Gasteiger charge is 1.95. The first-order valence-electron chi connectivity index (χ1n) is 3.54. The highest BCUT2D eigenvalue weighted by molar-refractivity contribution is 5.31. The second-order valence-corrected chi connectivity index (χ2v) is 2.18. The van der Waals surface area contributed by atoms with E-state index in [9.17, 15) is 4.79 Å². The molecule has 4 nitrogen and oxygen atoms in total. The summed E-state index contributed by atoms with van der Waals surface area (Å²) in [7, 11) is 1.74. The third-order valence-electron chi connectivity index (χ3n) is 1.38. The zero-order valence-electron chi connectivity index (χ0n) is 6.64. The lowest BCUT2D eigenvalue weighted by Gasteiger charge is -1.99. The molecule has 0 fully saturated rings. The summed E-state index contributed by atoms with van der Waals surface area (Å²) in [6.07, 6.45) is 0.741. The number of nitrogens with one attached hydrogen (secondary N) is 2. The van der Waals surface area contributed by atoms with E-state index in [1.165, 1.54) is 6.07 Å². The second kappa shape index (κ2) is 3.18. The van der Waals surface area contributed by atoms with Crippen molar-refractivity contribution in [1.29, 1.82) is 0 Å². The molecule has 0 bridgehead atoms. The third-order valence-corrected chi connectivity index (χ3v) is 1.38. The van der Waals surface area contributed by atoms with Crippen LogP contribution in [0.2, 0.25) is 0 Å². The van der Waals surface area contributed by atoms with E-state index in [4.69, 9.17) is 0 Å². The Labute approximate surface area is 64.7 Å². The molecular formula is C7H11N3O. The maximum absolute atomic E-state index is 10.9. The Kier molecular flexibility index (Phi) is 2.25. The molecule has 0 unspecified atom stereocenters. The summed E-state index contributed by atoms with van der Waals surface area (Å²) >= 11 is 0. The molecule has 4 heteroatoms. The van der Waals surface area contributed by atoms with Crippen molar-refractivity contribution in [2.45, 2.75) is 13.3 Å². The highest BCUT2D eigenvalue weighted by Crippen LogP contribution is 1.96. The van der Waals surface area contributed by atoms with Gasteiger partial charge in [0.2, 0.25) is 0 Å². The quantitative estimate of drug-likeness (QED) is 0.645. The van der Waals surface area contributed by atoms with Crippen molar-refractivity contribution < 1.29 is 0 Å². The molecule has 0 aliphatic carbocycles. The summed E-state index contributed by atoms with van der Waals surface area (Å²) in [6, 6.07) is 1.43. The molecule has 0 atom stereocenters. The maximum Gasteiger partial charge on any atom is 0.252 e. The van der Waals surface area contributed by atoms with Gasteiger partial charge in [-0.05, 0) is 0 Å². The third kappa shape index (κ3) is 1.80. The largest absolute Gasteiger partial charge is 0.373 e. The fraction of sp³-hybridized carbons (Fsp3) is 0.429. The van der Waals surface area contributed by atoms with Gasteiger partial charge in [-0.25, -0.2) is 4.98 Å². The van der Waals surface area contributed by atoms with Crippen LogP contribution in [0.25, 0.3) is 0 Å². The summed E-state index contributed by atoms with van der Waals surface area (Å²) in [4.78, 5) is 17.6. The minimum Gasteiger partial charge on any atom is -0.373 e. The van der Waals surface area contributed by atoms with Crippen molar-refractivity contribution in [2.75, 3.05) is 12.4 Å². The number of aromatic nitrogens is 2. The van der Waals surface area contributed by atoms with E-state index < -0.39 is 0 Å². The van der Waals surface area contributed by atoms with Crippen LogP contribution in [0.3, 0.4) is 0 Å². The average molecular weight is 153 g/mol. The van der Waals surface area contributed by atoms with Crippen molar-refractivity contribution in [3.05, 3.63) is 22.2 Å². The van der Waals surface area contributed by atoms with Gasteiger partial charge in [0, 0.05) is 19.5 Å². The molecule has 1 heterocycles. The molecule has 0 radical (unpaired) electrons. The molecule has 0 amide bonds. The van der Waals surface area contributed by atoms with Gasteiger partial charge in [-0.15, -0.1) is 0 Å². The Hall–Kier alpha value is -1.32. The highest BCUT2D eigenvalue weighted by atomic mass is 16.1. The standard InChI is InChI=1S/C7H11N3O/c1-3-5-9-6(8-2)4-7(11)10-5/h4H,3H2,1-2H3,(H2,8,9,10,11). The van der Waals surface area contributed by atoms with Gasteiger partial charge >= 0.3 is 0 Å². The van der Waals surface area contributed by atoms with Crippen LogP contribution in [-0.2, 0) is 6.42 Å². The predicted octanol–water partition coefficient (Wildman–Crippen LogP) is 0.374. The van der Waals surface area contributed by atoms with E-state index in [0.29, 0.717) is 11.6 Å². The predicted molar refractivity (Wildman–Crippen MR) is 43.8 cm³/mol. The molecule has 0 spiro atoms. The van der Waals surface area contributed by atoms with Crippen LogP contribution < -0.4 is 10.9 Å². The fourth-order valence-corrected chi connectivity index (χ4v) is 0.804. The number of aromatic amines is 1. The number of anilines is 1. The van der Waals surface area contributed by atoms with Gasteiger partial charge in [0.25, 0.3) is 5.56 Å². The lowest BCUT2D eigenvalue weighted by atomic mass is 10.4. The summed E-state index contributed by atoms with van der Waals surface area (Å²) in [6.45, 7) is 1.94. The Bertz CT molecular complexity index is 267. The first kappa shape index (κ1) is 7.78. The number of hydrogen-bond donors (Lipinski definition) is 2. The number of aryl methyl sites for hydroxylation is 1. The van der Waals surface area contributed by atoms with E-state index in [0.717, 1.165) is 6.42 Å². The summed E-state index contributed by atoms with van der Waals surface area (Å²) in [5.74, 6) is 1.33. The number of H-pyrrole nitrogens is 1. The molecule has 0 aliphatic rings. The monoisotopic (exact) mass is 153 g/mol. The average Bonchev–Trinajstić information content (AvgIpc) is 2.03. The number of rotatable bonds is 2. The van der Waals surface area contributed by atoms with Crippen LogP contribution >= 0.6 is 0 Å². The molecule has 0 saturated carbocycles. The maximum atomic E-state index is 10.9. The van der Waals surface area contributed by atoms with E-state index in [1.807, 2.05) is 6.92 Å². The van der Waals surface area contributed by atoms with Crippen molar-refractivity contribution in [3.63, 3.8) is 0 Å². The molecular weight excluding hydrogens is 142 g/mol. The number of nitrogens with zero attached hydrogens (tertiary/aromatic N) is 1. The zero-order valence-corrected chi connectivity index (χ0v) is 6.64. The Morgan fingerprint density at radius 1 is 1.73 bits per heavy atom. The molecule has 1 aromatic rings. The molecule has 0 aliphatic heterocycles. The van der Waals surface area contributed by atoms with E-state index >= 15 is 0 Å². The molecule has 1 aromatic heterocycles. The van der Waals surface area contributed by atoms with Gasteiger partial charge in [0.05, 0.1) is 0 Å². The SMILES string of the molecule is CCc1nc(NC)cc(=O)[nH]1. The number of hydrogen-bond acceptors (Lipinski definition) is 3. The van der Waals surface area contributed by atoms with Gasteiger partial charge in [0.1, 0.15) is 11.6 Å². The van der Waals surface area contributed by atoms with Gasteiger partial charge < -0.3 is 10.3 Å². The van der Waals surface area contributed by atoms with Gasteiger partial charge in [-0.1, -0.05) is 6.92 Å². The Morgan fingerprint density at radius 2 is 2.45 bits per heavy atom. The second-order valence-electron chi connectivity index (χ2n) is 2.18. The first-order valence-corrected chi connectivity index (χ1v) is 3.54. The van der Waals surface area contributed by atoms with Gasteiger partial charge in [-0.3, -0.25) is 4.79 Å². The van der Waals surface area contributed by atoms with Crippen molar-refractivity contribution in [2.24, 2.45) is 0 Å². The van der Waals surface area contributed by atoms with Gasteiger partial charge in [-0.2, -0.15) is 0 Å². The van der Waals surface area contributed by atoms with E-state index in [1.54, 1.807) is 7.05 Å². The van der Waals surface area contributed by atoms with E-state index in [2.05, 4.69) is 15.3 Å². The fourth-order valence-electron chi connectivity index (χ4n) is 0.804. The summed E-state index contributed by atoms with van der Waals surface area (Å²) < 4.78 is 0. The smallest absolute Gasteiger partial charge is 0.252 e. The first-order chi connectivity index (χ1) is 5.26. The molecule has 11 heavy (non-hydrogen) atoms. The van der Waals surface area contributed by atoms with Crippen molar-refractivity contribution >= 4 is 5.82 Å². The molecule has 1 rings (SSSR count). The molecule has 0 aromatic carbocycles. The van der Waals surface area contributed by atoms with Crippen LogP contribution in [0, 0.1) is 0 Å². The molecule has 60 valence electrons. The molecule has 2 N–H and O–H groups in total. The van der Waals surface area contributed by atoms with Crippen LogP contribution in [0.1, 0.15) is 12.7 Å². The van der Waals surface area contributed by atoms with Crippen molar-refractivity contribution in [3.8, 4) is 0 Å². The topological polar surface area (TPSA) is 57.8 Å². The van der Waals surface area contributed by atoms with Crippen LogP contribution in [-0.4, -0.2) is 17.0 Å². The van der Waals surface area contributed by atoms with Gasteiger partial charge in [0.15, 0.2) is 0 Å². The summed E-state index contributed by atoms with van der Waals surface area (Å²) in [5.41, 5.74) is -0.110. The Balaban J connectivity index is 3.12. The Morgan fingerprint density at radius 3 is 3.00 bits per heavy atom. The lowest BCUT2D eigenvalue weighted by Crippen LogP contribution is -2.11.